The van der Waals surface area contributed by atoms with E-state index >= 15 is 0 Å². The Kier molecular flexibility index (Phi) is 9.34. The molecule has 0 heterocycles. The van der Waals surface area contributed by atoms with Crippen LogP contribution in [-0.4, -0.2) is 38.4 Å². The Morgan fingerprint density at radius 2 is 2.00 bits per heavy atom. The molecular formula is C14H30BN2. The molecule has 1 radical (unpaired) electrons. The first kappa shape index (κ1) is 16.6. The van der Waals surface area contributed by atoms with Crippen molar-refractivity contribution in [1.82, 2.24) is 10.2 Å². The van der Waals surface area contributed by atoms with Crippen LogP contribution >= 0.6 is 0 Å². The summed E-state index contributed by atoms with van der Waals surface area (Å²) in [4.78, 5) is 2.41. The molecule has 0 aromatic rings. The van der Waals surface area contributed by atoms with Gasteiger partial charge in [-0.25, -0.2) is 0 Å². The highest BCUT2D eigenvalue weighted by molar-refractivity contribution is 6.35. The molecule has 0 aliphatic carbocycles. The summed E-state index contributed by atoms with van der Waals surface area (Å²) in [6.45, 7) is 10.8. The molecule has 2 nitrogen and oxygen atoms in total. The summed E-state index contributed by atoms with van der Waals surface area (Å²) in [6, 6.07) is 1.02. The molecule has 0 saturated carbocycles. The minimum absolute atomic E-state index is 0.460. The minimum atomic E-state index is 0.460. The van der Waals surface area contributed by atoms with Gasteiger partial charge in [-0.15, -0.1) is 0 Å². The standard InChI is InChI=1S/C14H30BN2/c1-7-15-11-9-8-10-14(13(4)16-5)17(6)12(2)3/h12,14,16H,4,7-11H2,1-3,5-6H3. The minimum Gasteiger partial charge on any atom is -0.391 e. The zero-order valence-corrected chi connectivity index (χ0v) is 12.4. The van der Waals surface area contributed by atoms with E-state index in [1.807, 2.05) is 7.05 Å². The average molecular weight is 237 g/mol. The molecular weight excluding hydrogens is 207 g/mol. The number of nitrogens with zero attached hydrogens (tertiary/aromatic N) is 1. The van der Waals surface area contributed by atoms with Gasteiger partial charge in [0.05, 0.1) is 0 Å². The van der Waals surface area contributed by atoms with Crippen LogP contribution in [0.25, 0.3) is 0 Å². The molecule has 0 aromatic heterocycles. The summed E-state index contributed by atoms with van der Waals surface area (Å²) in [5, 5.41) is 3.21. The number of hydrogen-bond acceptors (Lipinski definition) is 2. The number of unbranched alkanes of at least 4 members (excludes halogenated alkanes) is 1. The fraction of sp³-hybridized carbons (Fsp3) is 0.857. The zero-order chi connectivity index (χ0) is 13.3. The molecule has 99 valence electrons. The Labute approximate surface area is 109 Å². The van der Waals surface area contributed by atoms with Gasteiger partial charge in [0.25, 0.3) is 0 Å². The SMILES string of the molecule is C=C(NC)C(CCCC[B]CC)N(C)C(C)C. The Balaban J connectivity index is 4.07. The first-order valence-electron chi connectivity index (χ1n) is 6.94. The lowest BCUT2D eigenvalue weighted by molar-refractivity contribution is 0.203. The van der Waals surface area contributed by atoms with Crippen molar-refractivity contribution in [3.05, 3.63) is 12.3 Å². The molecule has 0 rings (SSSR count). The molecule has 0 aliphatic rings. The number of likely N-dealkylation sites (N-methyl/N-ethyl adjacent to an activating group) is 2. The van der Waals surface area contributed by atoms with Crippen molar-refractivity contribution >= 4 is 7.28 Å². The Morgan fingerprint density at radius 3 is 2.47 bits per heavy atom. The zero-order valence-electron chi connectivity index (χ0n) is 12.4. The van der Waals surface area contributed by atoms with Gasteiger partial charge < -0.3 is 5.32 Å². The van der Waals surface area contributed by atoms with Crippen LogP contribution in [0, 0.1) is 0 Å². The van der Waals surface area contributed by atoms with Crippen LogP contribution in [0.4, 0.5) is 0 Å². The van der Waals surface area contributed by atoms with Crippen LogP contribution in [-0.2, 0) is 0 Å². The van der Waals surface area contributed by atoms with Crippen LogP contribution in [0.5, 0.6) is 0 Å². The van der Waals surface area contributed by atoms with Gasteiger partial charge in [0.1, 0.15) is 7.28 Å². The van der Waals surface area contributed by atoms with E-state index in [0.29, 0.717) is 12.1 Å². The van der Waals surface area contributed by atoms with Crippen molar-refractivity contribution in [2.75, 3.05) is 14.1 Å². The van der Waals surface area contributed by atoms with Crippen LogP contribution in [0.15, 0.2) is 12.3 Å². The maximum absolute atomic E-state index is 4.13. The smallest absolute Gasteiger partial charge is 0.109 e. The molecule has 1 N–H and O–H groups in total. The third-order valence-electron chi connectivity index (χ3n) is 3.45. The predicted octanol–water partition coefficient (Wildman–Crippen LogP) is 3.16. The normalized spacial score (nSPS) is 12.9. The van der Waals surface area contributed by atoms with E-state index in [9.17, 15) is 0 Å². The number of nitrogens with one attached hydrogen (secondary N) is 1. The van der Waals surface area contributed by atoms with Gasteiger partial charge in [-0.05, 0) is 27.3 Å². The van der Waals surface area contributed by atoms with E-state index in [4.69, 9.17) is 0 Å². The molecule has 1 atom stereocenters. The number of hydrogen-bond donors (Lipinski definition) is 1. The molecule has 0 amide bonds. The van der Waals surface area contributed by atoms with E-state index in [0.717, 1.165) is 5.70 Å². The maximum atomic E-state index is 4.13. The van der Waals surface area contributed by atoms with E-state index in [1.54, 1.807) is 0 Å². The Bertz CT molecular complexity index is 204. The molecule has 3 heteroatoms. The summed E-state index contributed by atoms with van der Waals surface area (Å²) < 4.78 is 0. The summed E-state index contributed by atoms with van der Waals surface area (Å²) in [5.41, 5.74) is 1.14. The fourth-order valence-corrected chi connectivity index (χ4v) is 1.98. The lowest BCUT2D eigenvalue weighted by Crippen LogP contribution is -2.41. The highest BCUT2D eigenvalue weighted by Crippen LogP contribution is 2.16. The largest absolute Gasteiger partial charge is 0.391 e. The Hall–Kier alpha value is -0.435. The highest BCUT2D eigenvalue weighted by Gasteiger charge is 2.18. The summed E-state index contributed by atoms with van der Waals surface area (Å²) in [5.74, 6) is 0. The second-order valence-electron chi connectivity index (χ2n) is 5.03. The van der Waals surface area contributed by atoms with Gasteiger partial charge in [-0.3, -0.25) is 4.90 Å². The van der Waals surface area contributed by atoms with Crippen molar-refractivity contribution < 1.29 is 0 Å². The van der Waals surface area contributed by atoms with Crippen LogP contribution in [0.3, 0.4) is 0 Å². The van der Waals surface area contributed by atoms with Crippen LogP contribution in [0.1, 0.15) is 40.0 Å². The van der Waals surface area contributed by atoms with E-state index < -0.39 is 0 Å². The number of rotatable bonds is 10. The van der Waals surface area contributed by atoms with Crippen LogP contribution in [0.2, 0.25) is 12.6 Å². The lowest BCUT2D eigenvalue weighted by Gasteiger charge is -2.32. The lowest BCUT2D eigenvalue weighted by atomic mass is 9.70. The monoisotopic (exact) mass is 237 g/mol. The molecule has 0 aromatic carbocycles. The van der Waals surface area contributed by atoms with Gasteiger partial charge in [0.2, 0.25) is 0 Å². The van der Waals surface area contributed by atoms with Gasteiger partial charge >= 0.3 is 0 Å². The summed E-state index contributed by atoms with van der Waals surface area (Å²) >= 11 is 0. The summed E-state index contributed by atoms with van der Waals surface area (Å²) in [7, 11) is 6.53. The molecule has 0 spiro atoms. The molecule has 0 aliphatic heterocycles. The first-order valence-corrected chi connectivity index (χ1v) is 6.94. The fourth-order valence-electron chi connectivity index (χ4n) is 1.98. The third-order valence-corrected chi connectivity index (χ3v) is 3.45. The predicted molar refractivity (Wildman–Crippen MR) is 79.8 cm³/mol. The second kappa shape index (κ2) is 9.58. The van der Waals surface area contributed by atoms with Crippen molar-refractivity contribution in [3.63, 3.8) is 0 Å². The quantitative estimate of drug-likeness (QED) is 0.464. The maximum Gasteiger partial charge on any atom is 0.109 e. The van der Waals surface area contributed by atoms with Crippen LogP contribution < -0.4 is 5.32 Å². The molecule has 17 heavy (non-hydrogen) atoms. The van der Waals surface area contributed by atoms with E-state index in [2.05, 4.69) is 51.9 Å². The van der Waals surface area contributed by atoms with Crippen molar-refractivity contribution in [2.24, 2.45) is 0 Å². The topological polar surface area (TPSA) is 15.3 Å². The first-order chi connectivity index (χ1) is 8.04. The Morgan fingerprint density at radius 1 is 1.35 bits per heavy atom. The van der Waals surface area contributed by atoms with Crippen molar-refractivity contribution in [1.29, 1.82) is 0 Å². The van der Waals surface area contributed by atoms with E-state index in [1.165, 1.54) is 31.9 Å². The van der Waals surface area contributed by atoms with Gasteiger partial charge in [0.15, 0.2) is 0 Å². The second-order valence-corrected chi connectivity index (χ2v) is 5.03. The van der Waals surface area contributed by atoms with Gasteiger partial charge in [-0.1, -0.05) is 39.0 Å². The van der Waals surface area contributed by atoms with Crippen molar-refractivity contribution in [2.45, 2.75) is 64.8 Å². The molecule has 0 fully saturated rings. The van der Waals surface area contributed by atoms with Crippen molar-refractivity contribution in [3.8, 4) is 0 Å². The highest BCUT2D eigenvalue weighted by atomic mass is 15.2. The summed E-state index contributed by atoms with van der Waals surface area (Å²) in [6.07, 6.45) is 6.22. The van der Waals surface area contributed by atoms with Gasteiger partial charge in [0, 0.05) is 24.8 Å². The molecule has 0 saturated heterocycles. The third kappa shape index (κ3) is 6.77. The molecule has 0 bridgehead atoms. The average Bonchev–Trinajstić information content (AvgIpc) is 2.32. The van der Waals surface area contributed by atoms with Gasteiger partial charge in [-0.2, -0.15) is 0 Å². The van der Waals surface area contributed by atoms with E-state index in [-0.39, 0.29) is 0 Å². The molecule has 1 unspecified atom stereocenters.